The topological polar surface area (TPSA) is 24.5 Å². The zero-order valence-electron chi connectivity index (χ0n) is 10.7. The number of rotatable bonds is 4. The first-order valence-electron chi connectivity index (χ1n) is 6.23. The Morgan fingerprint density at radius 2 is 2.32 bits per heavy atom. The van der Waals surface area contributed by atoms with E-state index in [9.17, 15) is 8.78 Å². The van der Waals surface area contributed by atoms with Crippen molar-refractivity contribution >= 4 is 11.6 Å². The van der Waals surface area contributed by atoms with Gasteiger partial charge in [0, 0.05) is 32.2 Å². The van der Waals surface area contributed by atoms with Crippen LogP contribution >= 0.6 is 11.6 Å². The Morgan fingerprint density at radius 3 is 2.95 bits per heavy atom. The maximum Gasteiger partial charge on any atom is 0.387 e. The summed E-state index contributed by atoms with van der Waals surface area (Å²) in [4.78, 5) is 2.31. The summed E-state index contributed by atoms with van der Waals surface area (Å²) in [6.07, 6.45) is 0. The molecule has 0 aliphatic carbocycles. The summed E-state index contributed by atoms with van der Waals surface area (Å²) in [5.74, 6) is 0.0223. The van der Waals surface area contributed by atoms with Gasteiger partial charge in [0.05, 0.1) is 5.02 Å². The molecule has 19 heavy (non-hydrogen) atoms. The van der Waals surface area contributed by atoms with Crippen molar-refractivity contribution in [2.24, 2.45) is 0 Å². The van der Waals surface area contributed by atoms with Gasteiger partial charge < -0.3 is 10.1 Å². The zero-order valence-corrected chi connectivity index (χ0v) is 11.5. The van der Waals surface area contributed by atoms with Crippen molar-refractivity contribution in [3.05, 3.63) is 28.8 Å². The summed E-state index contributed by atoms with van der Waals surface area (Å²) in [6, 6.07) is 5.42. The molecule has 1 aromatic carbocycles. The third-order valence-electron chi connectivity index (χ3n) is 3.07. The van der Waals surface area contributed by atoms with Gasteiger partial charge in [0.1, 0.15) is 5.75 Å². The number of alkyl halides is 2. The van der Waals surface area contributed by atoms with Crippen LogP contribution in [0.3, 0.4) is 0 Å². The molecule has 1 saturated heterocycles. The molecule has 0 aromatic heterocycles. The van der Waals surface area contributed by atoms with Gasteiger partial charge in [0.15, 0.2) is 0 Å². The zero-order chi connectivity index (χ0) is 13.8. The first-order chi connectivity index (χ1) is 9.04. The maximum absolute atomic E-state index is 12.1. The molecule has 0 radical (unpaired) electrons. The van der Waals surface area contributed by atoms with Crippen LogP contribution in [0.15, 0.2) is 18.2 Å². The molecule has 0 spiro atoms. The molecule has 106 valence electrons. The van der Waals surface area contributed by atoms with E-state index in [4.69, 9.17) is 11.6 Å². The number of piperazine rings is 1. The minimum atomic E-state index is -2.85. The predicted octanol–water partition coefficient (Wildman–Crippen LogP) is 2.74. The summed E-state index contributed by atoms with van der Waals surface area (Å²) in [5.41, 5.74) is 1.00. The second-order valence-electron chi connectivity index (χ2n) is 4.73. The molecule has 1 aromatic rings. The van der Waals surface area contributed by atoms with Gasteiger partial charge in [-0.3, -0.25) is 4.90 Å². The van der Waals surface area contributed by atoms with Crippen LogP contribution < -0.4 is 10.1 Å². The van der Waals surface area contributed by atoms with Gasteiger partial charge in [-0.2, -0.15) is 8.78 Å². The normalized spacial score (nSPS) is 20.8. The number of ether oxygens (including phenoxy) is 1. The molecular weight excluding hydrogens is 274 g/mol. The summed E-state index contributed by atoms with van der Waals surface area (Å²) in [6.45, 7) is 2.95. The van der Waals surface area contributed by atoms with E-state index in [1.165, 1.54) is 6.07 Å². The predicted molar refractivity (Wildman–Crippen MR) is 70.8 cm³/mol. The second kappa shape index (κ2) is 6.50. The third-order valence-corrected chi connectivity index (χ3v) is 3.37. The average Bonchev–Trinajstić information content (AvgIpc) is 2.32. The lowest BCUT2D eigenvalue weighted by Crippen LogP contribution is -2.48. The van der Waals surface area contributed by atoms with Gasteiger partial charge in [-0.05, 0) is 24.6 Å². The highest BCUT2D eigenvalue weighted by molar-refractivity contribution is 6.32. The van der Waals surface area contributed by atoms with E-state index in [2.05, 4.69) is 21.9 Å². The Balaban J connectivity index is 1.99. The van der Waals surface area contributed by atoms with Crippen molar-refractivity contribution in [3.8, 4) is 5.75 Å². The van der Waals surface area contributed by atoms with Crippen LogP contribution in [0.4, 0.5) is 8.78 Å². The Morgan fingerprint density at radius 1 is 1.53 bits per heavy atom. The Labute approximate surface area is 116 Å². The number of nitrogens with zero attached hydrogens (tertiary/aromatic N) is 1. The lowest BCUT2D eigenvalue weighted by molar-refractivity contribution is -0.0498. The van der Waals surface area contributed by atoms with Crippen LogP contribution in [0.5, 0.6) is 5.75 Å². The number of halogens is 3. The van der Waals surface area contributed by atoms with E-state index in [0.29, 0.717) is 6.04 Å². The molecule has 1 atom stereocenters. The molecule has 0 bridgehead atoms. The number of benzene rings is 1. The van der Waals surface area contributed by atoms with Crippen molar-refractivity contribution in [1.29, 1.82) is 0 Å². The van der Waals surface area contributed by atoms with Crippen LogP contribution in [0.2, 0.25) is 5.02 Å². The van der Waals surface area contributed by atoms with Crippen LogP contribution in [0.1, 0.15) is 12.5 Å². The van der Waals surface area contributed by atoms with E-state index in [1.54, 1.807) is 12.1 Å². The molecule has 6 heteroatoms. The molecule has 0 unspecified atom stereocenters. The SMILES string of the molecule is C[C@@H]1CN(Cc2ccc(OC(F)F)c(Cl)c2)CCN1. The lowest BCUT2D eigenvalue weighted by Gasteiger charge is -2.31. The fourth-order valence-corrected chi connectivity index (χ4v) is 2.50. The Kier molecular flexibility index (Phi) is 4.96. The van der Waals surface area contributed by atoms with Gasteiger partial charge in [0.25, 0.3) is 0 Å². The van der Waals surface area contributed by atoms with E-state index in [-0.39, 0.29) is 10.8 Å². The third kappa shape index (κ3) is 4.30. The molecule has 1 aliphatic heterocycles. The molecular formula is C13H17ClF2N2O. The second-order valence-corrected chi connectivity index (χ2v) is 5.14. The highest BCUT2D eigenvalue weighted by atomic mass is 35.5. The monoisotopic (exact) mass is 290 g/mol. The summed E-state index contributed by atoms with van der Waals surface area (Å²) in [5, 5.41) is 3.59. The summed E-state index contributed by atoms with van der Waals surface area (Å²) in [7, 11) is 0. The number of nitrogens with one attached hydrogen (secondary N) is 1. The molecule has 2 rings (SSSR count). The van der Waals surface area contributed by atoms with Crippen LogP contribution in [-0.2, 0) is 6.54 Å². The first-order valence-corrected chi connectivity index (χ1v) is 6.61. The van der Waals surface area contributed by atoms with Gasteiger partial charge in [-0.25, -0.2) is 0 Å². The summed E-state index contributed by atoms with van der Waals surface area (Å²) < 4.78 is 28.6. The molecule has 1 heterocycles. The highest BCUT2D eigenvalue weighted by Crippen LogP contribution is 2.27. The number of hydrogen-bond acceptors (Lipinski definition) is 3. The van der Waals surface area contributed by atoms with E-state index in [1.807, 2.05) is 0 Å². The van der Waals surface area contributed by atoms with Crippen molar-refractivity contribution < 1.29 is 13.5 Å². The minimum Gasteiger partial charge on any atom is -0.433 e. The maximum atomic E-state index is 12.1. The van der Waals surface area contributed by atoms with Gasteiger partial charge in [-0.15, -0.1) is 0 Å². The van der Waals surface area contributed by atoms with Crippen LogP contribution in [0.25, 0.3) is 0 Å². The van der Waals surface area contributed by atoms with Crippen molar-refractivity contribution in [1.82, 2.24) is 10.2 Å². The van der Waals surface area contributed by atoms with E-state index >= 15 is 0 Å². The highest BCUT2D eigenvalue weighted by Gasteiger charge is 2.16. The van der Waals surface area contributed by atoms with Crippen LogP contribution in [0, 0.1) is 0 Å². The quantitative estimate of drug-likeness (QED) is 0.923. The molecule has 0 saturated carbocycles. The fourth-order valence-electron chi connectivity index (χ4n) is 2.25. The van der Waals surface area contributed by atoms with Gasteiger partial charge in [0.2, 0.25) is 0 Å². The minimum absolute atomic E-state index is 0.0223. The van der Waals surface area contributed by atoms with E-state index in [0.717, 1.165) is 31.7 Å². The lowest BCUT2D eigenvalue weighted by atomic mass is 10.1. The smallest absolute Gasteiger partial charge is 0.387 e. The first kappa shape index (κ1) is 14.5. The van der Waals surface area contributed by atoms with Crippen molar-refractivity contribution in [2.45, 2.75) is 26.1 Å². The van der Waals surface area contributed by atoms with E-state index < -0.39 is 6.61 Å². The van der Waals surface area contributed by atoms with Crippen molar-refractivity contribution in [2.75, 3.05) is 19.6 Å². The summed E-state index contributed by atoms with van der Waals surface area (Å²) >= 11 is 5.93. The Bertz CT molecular complexity index is 431. The van der Waals surface area contributed by atoms with Gasteiger partial charge in [-0.1, -0.05) is 17.7 Å². The average molecular weight is 291 g/mol. The molecule has 3 nitrogen and oxygen atoms in total. The standard InChI is InChI=1S/C13H17ClF2N2O/c1-9-7-18(5-4-17-9)8-10-2-3-12(11(14)6-10)19-13(15)16/h2-3,6,9,13,17H,4-5,7-8H2,1H3/t9-/m1/s1. The largest absolute Gasteiger partial charge is 0.433 e. The van der Waals surface area contributed by atoms with Crippen LogP contribution in [-0.4, -0.2) is 37.2 Å². The fraction of sp³-hybridized carbons (Fsp3) is 0.538. The molecule has 1 aliphatic rings. The Hall–Kier alpha value is -0.910. The number of hydrogen-bond donors (Lipinski definition) is 1. The molecule has 0 amide bonds. The van der Waals surface area contributed by atoms with Crippen molar-refractivity contribution in [3.63, 3.8) is 0 Å². The molecule has 1 fully saturated rings. The van der Waals surface area contributed by atoms with Gasteiger partial charge >= 0.3 is 6.61 Å². The molecule has 1 N–H and O–H groups in total.